The monoisotopic (exact) mass is 339 g/mol. The minimum Gasteiger partial charge on any atom is -0.302 e. The second-order valence-corrected chi connectivity index (χ2v) is 6.79. The summed E-state index contributed by atoms with van der Waals surface area (Å²) in [5.41, 5.74) is -0.304. The van der Waals surface area contributed by atoms with Crippen LogP contribution < -0.4 is 5.32 Å². The summed E-state index contributed by atoms with van der Waals surface area (Å²) in [6.45, 7) is 0. The third-order valence-corrected chi connectivity index (χ3v) is 5.84. The molecule has 19 heavy (non-hydrogen) atoms. The average molecular weight is 340 g/mol. The summed E-state index contributed by atoms with van der Waals surface area (Å²) >= 11 is 5.27. The van der Waals surface area contributed by atoms with E-state index in [1.807, 2.05) is 25.4 Å². The fourth-order valence-electron chi connectivity index (χ4n) is 2.78. The summed E-state index contributed by atoms with van der Waals surface area (Å²) in [4.78, 5) is 4.35. The van der Waals surface area contributed by atoms with Gasteiger partial charge in [0, 0.05) is 10.7 Å². The Morgan fingerprint density at radius 1 is 1.68 bits per heavy atom. The van der Waals surface area contributed by atoms with Crippen LogP contribution in [0.3, 0.4) is 0 Å². The highest BCUT2D eigenvalue weighted by atomic mass is 79.9. The van der Waals surface area contributed by atoms with E-state index < -0.39 is 0 Å². The predicted molar refractivity (Wildman–Crippen MR) is 82.0 cm³/mol. The molecule has 1 aliphatic rings. The van der Waals surface area contributed by atoms with Gasteiger partial charge in [0.25, 0.3) is 0 Å². The molecule has 0 saturated heterocycles. The van der Waals surface area contributed by atoms with Gasteiger partial charge >= 0.3 is 0 Å². The molecule has 5 heteroatoms. The topological polar surface area (TPSA) is 48.7 Å². The first kappa shape index (κ1) is 14.8. The van der Waals surface area contributed by atoms with Crippen molar-refractivity contribution in [2.75, 3.05) is 12.8 Å². The van der Waals surface area contributed by atoms with Gasteiger partial charge in [0.1, 0.15) is 10.6 Å². The standard InChI is InChI=1S/C14H18BrN3S/c1-17-14(10-16)7-2-4-11(14)6-9-19-13-12(15)5-3-8-18-13/h3,5,8,11,17H,2,4,6-7,9H2,1H3. The normalized spacial score (nSPS) is 26.3. The smallest absolute Gasteiger partial charge is 0.110 e. The Kier molecular flexibility index (Phi) is 5.26. The quantitative estimate of drug-likeness (QED) is 0.832. The largest absolute Gasteiger partial charge is 0.302 e. The maximum absolute atomic E-state index is 9.41. The summed E-state index contributed by atoms with van der Waals surface area (Å²) in [5, 5.41) is 13.7. The molecule has 3 nitrogen and oxygen atoms in total. The molecule has 1 heterocycles. The van der Waals surface area contributed by atoms with Crippen LogP contribution in [-0.4, -0.2) is 23.3 Å². The average Bonchev–Trinajstić information content (AvgIpc) is 2.84. The summed E-state index contributed by atoms with van der Waals surface area (Å²) in [6, 6.07) is 6.43. The first-order valence-corrected chi connectivity index (χ1v) is 8.33. The third-order valence-electron chi connectivity index (χ3n) is 3.90. The van der Waals surface area contributed by atoms with Crippen molar-refractivity contribution >= 4 is 27.7 Å². The summed E-state index contributed by atoms with van der Waals surface area (Å²) in [5.74, 6) is 1.46. The highest BCUT2D eigenvalue weighted by Gasteiger charge is 2.41. The molecule has 2 atom stereocenters. The van der Waals surface area contributed by atoms with Crippen molar-refractivity contribution in [3.05, 3.63) is 22.8 Å². The fraction of sp³-hybridized carbons (Fsp3) is 0.571. The van der Waals surface area contributed by atoms with Gasteiger partial charge in [-0.05, 0) is 66.0 Å². The number of aromatic nitrogens is 1. The molecule has 2 unspecified atom stereocenters. The fourth-order valence-corrected chi connectivity index (χ4v) is 4.31. The molecule has 2 rings (SSSR count). The molecule has 1 fully saturated rings. The van der Waals surface area contributed by atoms with E-state index in [2.05, 4.69) is 32.3 Å². The summed E-state index contributed by atoms with van der Waals surface area (Å²) in [7, 11) is 1.91. The van der Waals surface area contributed by atoms with Crippen LogP contribution in [0.5, 0.6) is 0 Å². The number of thioether (sulfide) groups is 1. The van der Waals surface area contributed by atoms with Crippen LogP contribution in [0, 0.1) is 17.2 Å². The molecule has 1 N–H and O–H groups in total. The number of nitriles is 1. The van der Waals surface area contributed by atoms with Crippen molar-refractivity contribution in [1.29, 1.82) is 5.26 Å². The van der Waals surface area contributed by atoms with Crippen LogP contribution in [0.15, 0.2) is 27.8 Å². The lowest BCUT2D eigenvalue weighted by Gasteiger charge is -2.28. The highest BCUT2D eigenvalue weighted by Crippen LogP contribution is 2.38. The van der Waals surface area contributed by atoms with Gasteiger partial charge in [0.05, 0.1) is 6.07 Å². The Bertz CT molecular complexity index is 474. The van der Waals surface area contributed by atoms with Crippen molar-refractivity contribution in [3.8, 4) is 6.07 Å². The minimum absolute atomic E-state index is 0.304. The van der Waals surface area contributed by atoms with Crippen molar-refractivity contribution in [2.24, 2.45) is 5.92 Å². The van der Waals surface area contributed by atoms with Crippen molar-refractivity contribution in [3.63, 3.8) is 0 Å². The molecule has 0 radical (unpaired) electrons. The van der Waals surface area contributed by atoms with Gasteiger partial charge in [-0.1, -0.05) is 6.42 Å². The van der Waals surface area contributed by atoms with E-state index >= 15 is 0 Å². The van der Waals surface area contributed by atoms with Crippen molar-refractivity contribution < 1.29 is 0 Å². The SMILES string of the molecule is CNC1(C#N)CCCC1CCSc1ncccc1Br. The molecule has 1 aromatic heterocycles. The molecular weight excluding hydrogens is 322 g/mol. The second kappa shape index (κ2) is 6.74. The number of hydrogen-bond acceptors (Lipinski definition) is 4. The molecule has 0 amide bonds. The lowest BCUT2D eigenvalue weighted by molar-refractivity contribution is 0.332. The maximum atomic E-state index is 9.41. The second-order valence-electron chi connectivity index (χ2n) is 4.85. The molecular formula is C14H18BrN3S. The molecule has 0 bridgehead atoms. The van der Waals surface area contributed by atoms with E-state index in [-0.39, 0.29) is 5.54 Å². The number of hydrogen-bond donors (Lipinski definition) is 1. The Morgan fingerprint density at radius 3 is 3.21 bits per heavy atom. The van der Waals surface area contributed by atoms with Gasteiger partial charge in [-0.2, -0.15) is 5.26 Å². The molecule has 1 aromatic rings. The number of halogens is 1. The van der Waals surface area contributed by atoms with E-state index in [1.165, 1.54) is 0 Å². The van der Waals surface area contributed by atoms with E-state index in [4.69, 9.17) is 0 Å². The predicted octanol–water partition coefficient (Wildman–Crippen LogP) is 3.61. The Hall–Kier alpha value is -0.570. The van der Waals surface area contributed by atoms with Crippen LogP contribution in [0.25, 0.3) is 0 Å². The third kappa shape index (κ3) is 3.31. The minimum atomic E-state index is -0.304. The lowest BCUT2D eigenvalue weighted by Crippen LogP contribution is -2.44. The molecule has 1 aliphatic carbocycles. The van der Waals surface area contributed by atoms with Gasteiger partial charge in [0.15, 0.2) is 0 Å². The zero-order valence-corrected chi connectivity index (χ0v) is 13.4. The van der Waals surface area contributed by atoms with Crippen molar-refractivity contribution in [1.82, 2.24) is 10.3 Å². The van der Waals surface area contributed by atoms with Gasteiger partial charge in [0.2, 0.25) is 0 Å². The molecule has 1 saturated carbocycles. The first-order valence-electron chi connectivity index (χ1n) is 6.55. The van der Waals surface area contributed by atoms with E-state index in [1.54, 1.807) is 11.8 Å². The van der Waals surface area contributed by atoms with E-state index in [9.17, 15) is 5.26 Å². The molecule has 0 aliphatic heterocycles. The number of rotatable bonds is 5. The van der Waals surface area contributed by atoms with Gasteiger partial charge in [-0.3, -0.25) is 0 Å². The van der Waals surface area contributed by atoms with Crippen LogP contribution in [0.1, 0.15) is 25.7 Å². The molecule has 0 spiro atoms. The van der Waals surface area contributed by atoms with Crippen LogP contribution >= 0.6 is 27.7 Å². The Balaban J connectivity index is 1.90. The number of nitrogens with zero attached hydrogens (tertiary/aromatic N) is 2. The zero-order chi connectivity index (χ0) is 13.7. The zero-order valence-electron chi connectivity index (χ0n) is 11.0. The first-order chi connectivity index (χ1) is 9.22. The maximum Gasteiger partial charge on any atom is 0.110 e. The summed E-state index contributed by atoms with van der Waals surface area (Å²) < 4.78 is 1.05. The molecule has 0 aromatic carbocycles. The van der Waals surface area contributed by atoms with E-state index in [0.29, 0.717) is 5.92 Å². The highest BCUT2D eigenvalue weighted by molar-refractivity contribution is 9.10. The van der Waals surface area contributed by atoms with Gasteiger partial charge < -0.3 is 5.32 Å². The van der Waals surface area contributed by atoms with Crippen molar-refractivity contribution in [2.45, 2.75) is 36.2 Å². The lowest BCUT2D eigenvalue weighted by atomic mass is 9.87. The Labute approximate surface area is 127 Å². The number of nitrogens with one attached hydrogen (secondary N) is 1. The van der Waals surface area contributed by atoms with Crippen LogP contribution in [0.4, 0.5) is 0 Å². The van der Waals surface area contributed by atoms with Gasteiger partial charge in [-0.15, -0.1) is 11.8 Å². The van der Waals surface area contributed by atoms with Gasteiger partial charge in [-0.25, -0.2) is 4.98 Å². The molecule has 102 valence electrons. The van der Waals surface area contributed by atoms with Crippen LogP contribution in [-0.2, 0) is 0 Å². The number of pyridine rings is 1. The van der Waals surface area contributed by atoms with E-state index in [0.717, 1.165) is 40.9 Å². The Morgan fingerprint density at radius 2 is 2.53 bits per heavy atom. The summed E-state index contributed by atoms with van der Waals surface area (Å²) in [6.07, 6.45) is 6.15. The van der Waals surface area contributed by atoms with Crippen LogP contribution in [0.2, 0.25) is 0 Å².